The molecular formula is C21H26ClNO2Si. The van der Waals surface area contributed by atoms with E-state index in [4.69, 9.17) is 16.0 Å². The van der Waals surface area contributed by atoms with Gasteiger partial charge in [-0.25, -0.2) is 0 Å². The lowest BCUT2D eigenvalue weighted by molar-refractivity contribution is 0.189. The second kappa shape index (κ2) is 7.55. The Balaban J connectivity index is 2.08. The van der Waals surface area contributed by atoms with Gasteiger partial charge in [-0.15, -0.1) is 0 Å². The van der Waals surface area contributed by atoms with Gasteiger partial charge in [0.1, 0.15) is 0 Å². The summed E-state index contributed by atoms with van der Waals surface area (Å²) in [6, 6.07) is 21.1. The smallest absolute Gasteiger partial charge is 0.316 e. The number of carbonyl (C=O) groups is 1. The summed E-state index contributed by atoms with van der Waals surface area (Å²) in [5.41, 5.74) is 0. The first-order valence-corrected chi connectivity index (χ1v) is 11.4. The van der Waals surface area contributed by atoms with E-state index in [0.29, 0.717) is 13.1 Å². The highest BCUT2D eigenvalue weighted by Gasteiger charge is 2.52. The van der Waals surface area contributed by atoms with Gasteiger partial charge in [0.05, 0.1) is 6.10 Å². The normalized spacial score (nSPS) is 18.2. The van der Waals surface area contributed by atoms with Crippen LogP contribution in [0.25, 0.3) is 0 Å². The Morgan fingerprint density at radius 3 is 1.92 bits per heavy atom. The fourth-order valence-electron chi connectivity index (χ4n) is 3.93. The van der Waals surface area contributed by atoms with Gasteiger partial charge in [-0.2, -0.15) is 0 Å². The van der Waals surface area contributed by atoms with Crippen LogP contribution in [0.1, 0.15) is 27.2 Å². The Bertz CT molecular complexity index is 706. The molecule has 0 aliphatic carbocycles. The van der Waals surface area contributed by atoms with Crippen LogP contribution < -0.4 is 10.4 Å². The highest BCUT2D eigenvalue weighted by molar-refractivity contribution is 6.99. The SMILES string of the molecule is CC(C)(C)[Si](O[C@H]1CCN(C(=O)Cl)C1)(c1ccccc1)c1ccccc1. The molecule has 1 aliphatic rings. The first-order chi connectivity index (χ1) is 12.3. The predicted molar refractivity (Wildman–Crippen MR) is 110 cm³/mol. The third kappa shape index (κ3) is 3.59. The molecule has 26 heavy (non-hydrogen) atoms. The second-order valence-electron chi connectivity index (χ2n) is 7.89. The van der Waals surface area contributed by atoms with Crippen LogP contribution in [-0.4, -0.2) is 37.8 Å². The number of amides is 1. The number of hydrogen-bond acceptors (Lipinski definition) is 2. The molecule has 1 atom stereocenters. The van der Waals surface area contributed by atoms with E-state index in [9.17, 15) is 4.79 Å². The minimum absolute atomic E-state index is 0.00371. The Morgan fingerprint density at radius 2 is 1.54 bits per heavy atom. The molecule has 5 heteroatoms. The van der Waals surface area contributed by atoms with Crippen LogP contribution in [0, 0.1) is 0 Å². The molecule has 3 nitrogen and oxygen atoms in total. The zero-order valence-electron chi connectivity index (χ0n) is 15.6. The Morgan fingerprint density at radius 1 is 1.04 bits per heavy atom. The Labute approximate surface area is 162 Å². The van der Waals surface area contributed by atoms with Crippen molar-refractivity contribution in [1.29, 1.82) is 0 Å². The average Bonchev–Trinajstić information content (AvgIpc) is 3.09. The average molecular weight is 388 g/mol. The standard InChI is InChI=1S/C21H26ClNO2Si/c1-21(2,3)26(18-10-6-4-7-11-18,19-12-8-5-9-13-19)25-17-14-15-23(16-17)20(22)24/h4-13,17H,14-16H2,1-3H3/t17-/m0/s1. The number of halogens is 1. The van der Waals surface area contributed by atoms with E-state index in [1.165, 1.54) is 10.4 Å². The lowest BCUT2D eigenvalue weighted by Gasteiger charge is -2.44. The summed E-state index contributed by atoms with van der Waals surface area (Å²) in [6.45, 7) is 8.01. The van der Waals surface area contributed by atoms with Crippen LogP contribution in [0.5, 0.6) is 0 Å². The minimum atomic E-state index is -2.56. The molecule has 3 rings (SSSR count). The molecule has 0 aromatic heterocycles. The van der Waals surface area contributed by atoms with Crippen LogP contribution in [0.3, 0.4) is 0 Å². The summed E-state index contributed by atoms with van der Waals surface area (Å²) in [5, 5.41) is 2.07. The molecule has 2 aromatic carbocycles. The number of likely N-dealkylation sites (tertiary alicyclic amines) is 1. The van der Waals surface area contributed by atoms with Crippen LogP contribution in [-0.2, 0) is 4.43 Å². The lowest BCUT2D eigenvalue weighted by Crippen LogP contribution is -2.67. The van der Waals surface area contributed by atoms with E-state index in [0.717, 1.165) is 6.42 Å². The second-order valence-corrected chi connectivity index (χ2v) is 12.5. The van der Waals surface area contributed by atoms with Gasteiger partial charge in [-0.05, 0) is 33.4 Å². The van der Waals surface area contributed by atoms with E-state index in [2.05, 4.69) is 69.3 Å². The van der Waals surface area contributed by atoms with Gasteiger partial charge >= 0.3 is 5.37 Å². The fraction of sp³-hybridized carbons (Fsp3) is 0.381. The lowest BCUT2D eigenvalue weighted by atomic mass is 10.2. The molecule has 0 radical (unpaired) electrons. The molecule has 0 saturated carbocycles. The summed E-state index contributed by atoms with van der Waals surface area (Å²) in [4.78, 5) is 13.2. The van der Waals surface area contributed by atoms with E-state index >= 15 is 0 Å². The molecule has 2 aromatic rings. The molecule has 1 heterocycles. The molecule has 0 N–H and O–H groups in total. The predicted octanol–water partition coefficient (Wildman–Crippen LogP) is 4.00. The number of carbonyl (C=O) groups excluding carboxylic acids is 1. The van der Waals surface area contributed by atoms with Crippen LogP contribution in [0.15, 0.2) is 60.7 Å². The largest absolute Gasteiger partial charge is 0.403 e. The molecule has 0 bridgehead atoms. The summed E-state index contributed by atoms with van der Waals surface area (Å²) < 4.78 is 7.00. The zero-order chi connectivity index (χ0) is 18.8. The van der Waals surface area contributed by atoms with Crippen molar-refractivity contribution in [2.24, 2.45) is 0 Å². The van der Waals surface area contributed by atoms with Crippen LogP contribution in [0.4, 0.5) is 4.79 Å². The van der Waals surface area contributed by atoms with E-state index < -0.39 is 13.7 Å². The quantitative estimate of drug-likeness (QED) is 0.451. The molecule has 1 saturated heterocycles. The maximum atomic E-state index is 11.5. The number of hydrogen-bond donors (Lipinski definition) is 0. The van der Waals surface area contributed by atoms with Gasteiger partial charge in [-0.1, -0.05) is 81.4 Å². The zero-order valence-corrected chi connectivity index (χ0v) is 17.4. The monoisotopic (exact) mass is 387 g/mol. The van der Waals surface area contributed by atoms with Gasteiger partial charge in [0, 0.05) is 13.1 Å². The molecule has 1 amide bonds. The van der Waals surface area contributed by atoms with Crippen molar-refractivity contribution in [2.45, 2.75) is 38.3 Å². The third-order valence-corrected chi connectivity index (χ3v) is 10.5. The molecule has 0 unspecified atom stereocenters. The molecule has 0 spiro atoms. The summed E-state index contributed by atoms with van der Waals surface area (Å²) in [7, 11) is -2.56. The number of rotatable bonds is 4. The third-order valence-electron chi connectivity index (χ3n) is 5.15. The van der Waals surface area contributed by atoms with Crippen molar-refractivity contribution < 1.29 is 9.22 Å². The molecule has 1 fully saturated rings. The molecular weight excluding hydrogens is 362 g/mol. The van der Waals surface area contributed by atoms with Crippen molar-refractivity contribution >= 4 is 35.7 Å². The summed E-state index contributed by atoms with van der Waals surface area (Å²) >= 11 is 5.69. The van der Waals surface area contributed by atoms with Gasteiger partial charge in [0.15, 0.2) is 0 Å². The highest BCUT2D eigenvalue weighted by atomic mass is 35.5. The first-order valence-electron chi connectivity index (χ1n) is 9.08. The van der Waals surface area contributed by atoms with E-state index in [1.54, 1.807) is 4.90 Å². The number of benzene rings is 2. The first kappa shape index (κ1) is 19.1. The summed E-state index contributed by atoms with van der Waals surface area (Å²) in [5.74, 6) is 0. The van der Waals surface area contributed by atoms with Gasteiger partial charge in [0.25, 0.3) is 8.32 Å². The van der Waals surface area contributed by atoms with Crippen molar-refractivity contribution in [1.82, 2.24) is 4.90 Å². The minimum Gasteiger partial charge on any atom is -0.403 e. The maximum Gasteiger partial charge on any atom is 0.316 e. The van der Waals surface area contributed by atoms with Crippen LogP contribution in [0.2, 0.25) is 5.04 Å². The number of nitrogens with zero attached hydrogens (tertiary/aromatic N) is 1. The van der Waals surface area contributed by atoms with Gasteiger partial charge in [-0.3, -0.25) is 4.79 Å². The fourth-order valence-corrected chi connectivity index (χ4v) is 8.79. The van der Waals surface area contributed by atoms with Gasteiger partial charge < -0.3 is 9.33 Å². The van der Waals surface area contributed by atoms with Crippen molar-refractivity contribution in [2.75, 3.05) is 13.1 Å². The van der Waals surface area contributed by atoms with Gasteiger partial charge in [0.2, 0.25) is 0 Å². The Kier molecular flexibility index (Phi) is 5.56. The summed E-state index contributed by atoms with van der Waals surface area (Å²) in [6.07, 6.45) is 0.826. The van der Waals surface area contributed by atoms with Crippen molar-refractivity contribution in [3.63, 3.8) is 0 Å². The van der Waals surface area contributed by atoms with E-state index in [-0.39, 0.29) is 11.1 Å². The van der Waals surface area contributed by atoms with Crippen LogP contribution >= 0.6 is 11.6 Å². The van der Waals surface area contributed by atoms with Crippen molar-refractivity contribution in [3.8, 4) is 0 Å². The maximum absolute atomic E-state index is 11.5. The molecule has 1 aliphatic heterocycles. The highest BCUT2D eigenvalue weighted by Crippen LogP contribution is 2.38. The Hall–Kier alpha value is -1.62. The van der Waals surface area contributed by atoms with Crippen molar-refractivity contribution in [3.05, 3.63) is 60.7 Å². The molecule has 138 valence electrons. The topological polar surface area (TPSA) is 29.5 Å². The van der Waals surface area contributed by atoms with E-state index in [1.807, 2.05) is 12.1 Å².